The summed E-state index contributed by atoms with van der Waals surface area (Å²) < 4.78 is 12.9. The molecule has 1 aromatic rings. The number of nitrogens with one attached hydrogen (secondary N) is 1. The molecular weight excluding hydrogens is 250 g/mol. The Morgan fingerprint density at radius 2 is 2.22 bits per heavy atom. The van der Waals surface area contributed by atoms with E-state index in [4.69, 9.17) is 0 Å². The van der Waals surface area contributed by atoms with Crippen molar-refractivity contribution >= 4 is 16.6 Å². The zero-order valence-corrected chi connectivity index (χ0v) is 12.0. The first-order valence-corrected chi connectivity index (χ1v) is 7.67. The van der Waals surface area contributed by atoms with Crippen LogP contribution in [0.4, 0.5) is 5.82 Å². The summed E-state index contributed by atoms with van der Waals surface area (Å²) in [4.78, 5) is 16.0. The summed E-state index contributed by atoms with van der Waals surface area (Å²) >= 11 is 0. The molecule has 0 aliphatic carbocycles. The number of rotatable bonds is 7. The second-order valence-corrected chi connectivity index (χ2v) is 6.35. The molecule has 1 heterocycles. The minimum Gasteiger partial charge on any atom is -0.365 e. The van der Waals surface area contributed by atoms with Gasteiger partial charge in [0.05, 0.1) is 0 Å². The lowest BCUT2D eigenvalue weighted by molar-refractivity contribution is 0.509. The average Bonchev–Trinajstić information content (AvgIpc) is 2.33. The zero-order valence-electron chi connectivity index (χ0n) is 11.2. The molecule has 0 saturated heterocycles. The Labute approximate surface area is 110 Å². The van der Waals surface area contributed by atoms with E-state index in [0.29, 0.717) is 36.3 Å². The van der Waals surface area contributed by atoms with Crippen molar-refractivity contribution < 1.29 is 4.21 Å². The summed E-state index contributed by atoms with van der Waals surface area (Å²) in [5, 5.41) is 2.95. The summed E-state index contributed by atoms with van der Waals surface area (Å²) in [5.41, 5.74) is -0.117. The van der Waals surface area contributed by atoms with Gasteiger partial charge in [0.25, 0.3) is 5.56 Å². The third-order valence-electron chi connectivity index (χ3n) is 2.42. The lowest BCUT2D eigenvalue weighted by Gasteiger charge is -2.10. The van der Waals surface area contributed by atoms with Crippen molar-refractivity contribution in [3.8, 4) is 0 Å². The van der Waals surface area contributed by atoms with Crippen LogP contribution >= 0.6 is 0 Å². The summed E-state index contributed by atoms with van der Waals surface area (Å²) in [6.45, 7) is 7.19. The highest BCUT2D eigenvalue weighted by molar-refractivity contribution is 7.84. The van der Waals surface area contributed by atoms with Crippen LogP contribution in [0.5, 0.6) is 0 Å². The fraction of sp³-hybridized carbons (Fsp3) is 0.667. The van der Waals surface area contributed by atoms with Gasteiger partial charge < -0.3 is 9.88 Å². The van der Waals surface area contributed by atoms with E-state index in [1.165, 1.54) is 0 Å². The predicted octanol–water partition coefficient (Wildman–Crippen LogP) is 1.08. The fourth-order valence-corrected chi connectivity index (χ4v) is 2.15. The van der Waals surface area contributed by atoms with Gasteiger partial charge in [-0.3, -0.25) is 9.00 Å². The first-order chi connectivity index (χ1) is 8.54. The lowest BCUT2D eigenvalue weighted by Crippen LogP contribution is -2.27. The largest absolute Gasteiger partial charge is 0.365 e. The number of nitrogens with zero attached hydrogens (tertiary/aromatic N) is 2. The molecule has 0 amide bonds. The van der Waals surface area contributed by atoms with Crippen molar-refractivity contribution in [2.24, 2.45) is 5.92 Å². The van der Waals surface area contributed by atoms with Gasteiger partial charge in [-0.1, -0.05) is 20.8 Å². The zero-order chi connectivity index (χ0) is 13.5. The number of anilines is 1. The van der Waals surface area contributed by atoms with Crippen LogP contribution < -0.4 is 10.9 Å². The summed E-state index contributed by atoms with van der Waals surface area (Å²) in [6, 6.07) is 0. The van der Waals surface area contributed by atoms with Crippen molar-refractivity contribution in [1.29, 1.82) is 0 Å². The number of hydrogen-bond acceptors (Lipinski definition) is 4. The molecule has 0 aromatic carbocycles. The molecule has 1 rings (SSSR count). The van der Waals surface area contributed by atoms with Gasteiger partial charge in [-0.15, -0.1) is 0 Å². The van der Waals surface area contributed by atoms with Crippen LogP contribution in [-0.2, 0) is 17.3 Å². The van der Waals surface area contributed by atoms with E-state index >= 15 is 0 Å². The van der Waals surface area contributed by atoms with E-state index in [1.807, 2.05) is 6.92 Å². The standard InChI is InChI=1S/C12H21N3O2S/c1-4-18(17)8-6-14-11-12(16)15(7-5-13-11)9-10(2)3/h5,7,10H,4,6,8-9H2,1-3H3,(H,13,14). The molecule has 0 aliphatic rings. The monoisotopic (exact) mass is 271 g/mol. The molecule has 1 atom stereocenters. The normalized spacial score (nSPS) is 12.7. The Morgan fingerprint density at radius 3 is 2.83 bits per heavy atom. The molecule has 1 unspecified atom stereocenters. The van der Waals surface area contributed by atoms with Crippen LogP contribution in [0, 0.1) is 5.92 Å². The summed E-state index contributed by atoms with van der Waals surface area (Å²) in [5.74, 6) is 1.93. The molecule has 6 heteroatoms. The SMILES string of the molecule is CCS(=O)CCNc1nccn(CC(C)C)c1=O. The molecule has 102 valence electrons. The highest BCUT2D eigenvalue weighted by Gasteiger charge is 2.06. The van der Waals surface area contributed by atoms with Gasteiger partial charge in [0, 0.05) is 47.8 Å². The van der Waals surface area contributed by atoms with Crippen LogP contribution in [0.25, 0.3) is 0 Å². The third-order valence-corrected chi connectivity index (χ3v) is 3.72. The topological polar surface area (TPSA) is 64.0 Å². The van der Waals surface area contributed by atoms with E-state index in [9.17, 15) is 9.00 Å². The lowest BCUT2D eigenvalue weighted by atomic mass is 10.2. The molecule has 1 aromatic heterocycles. The second kappa shape index (κ2) is 7.31. The Bertz CT molecular complexity index is 457. The van der Waals surface area contributed by atoms with Gasteiger partial charge in [0.15, 0.2) is 5.82 Å². The maximum Gasteiger partial charge on any atom is 0.293 e. The Morgan fingerprint density at radius 1 is 1.50 bits per heavy atom. The highest BCUT2D eigenvalue weighted by atomic mass is 32.2. The van der Waals surface area contributed by atoms with E-state index in [-0.39, 0.29) is 5.56 Å². The molecule has 0 bridgehead atoms. The van der Waals surface area contributed by atoms with Crippen LogP contribution in [0.1, 0.15) is 20.8 Å². The summed E-state index contributed by atoms with van der Waals surface area (Å²) in [7, 11) is -0.821. The predicted molar refractivity (Wildman–Crippen MR) is 75.4 cm³/mol. The minimum atomic E-state index is -0.821. The third kappa shape index (κ3) is 4.60. The van der Waals surface area contributed by atoms with E-state index in [2.05, 4.69) is 24.1 Å². The minimum absolute atomic E-state index is 0.117. The first-order valence-electron chi connectivity index (χ1n) is 6.18. The molecule has 0 saturated carbocycles. The van der Waals surface area contributed by atoms with Crippen LogP contribution in [0.2, 0.25) is 0 Å². The van der Waals surface area contributed by atoms with E-state index < -0.39 is 10.8 Å². The Hall–Kier alpha value is -1.17. The smallest absolute Gasteiger partial charge is 0.293 e. The van der Waals surface area contributed by atoms with E-state index in [0.717, 1.165) is 0 Å². The van der Waals surface area contributed by atoms with Gasteiger partial charge in [-0.2, -0.15) is 0 Å². The highest BCUT2D eigenvalue weighted by Crippen LogP contribution is 1.98. The molecule has 0 aliphatic heterocycles. The molecule has 1 N–H and O–H groups in total. The number of hydrogen-bond donors (Lipinski definition) is 1. The quantitative estimate of drug-likeness (QED) is 0.806. The number of aromatic nitrogens is 2. The van der Waals surface area contributed by atoms with Gasteiger partial charge >= 0.3 is 0 Å². The van der Waals surface area contributed by atoms with Crippen LogP contribution in [-0.4, -0.2) is 31.8 Å². The Balaban J connectivity index is 2.66. The molecule has 0 fully saturated rings. The molecule has 0 radical (unpaired) electrons. The first kappa shape index (κ1) is 14.9. The van der Waals surface area contributed by atoms with Crippen molar-refractivity contribution in [2.75, 3.05) is 23.4 Å². The molecule has 5 nitrogen and oxygen atoms in total. The van der Waals surface area contributed by atoms with Gasteiger partial charge in [0.2, 0.25) is 0 Å². The van der Waals surface area contributed by atoms with Gasteiger partial charge in [-0.05, 0) is 5.92 Å². The van der Waals surface area contributed by atoms with Gasteiger partial charge in [0.1, 0.15) is 0 Å². The van der Waals surface area contributed by atoms with Crippen molar-refractivity contribution in [3.63, 3.8) is 0 Å². The average molecular weight is 271 g/mol. The molecule has 0 spiro atoms. The maximum atomic E-state index is 12.0. The van der Waals surface area contributed by atoms with Crippen molar-refractivity contribution in [2.45, 2.75) is 27.3 Å². The Kier molecular flexibility index (Phi) is 6.04. The van der Waals surface area contributed by atoms with Crippen LogP contribution in [0.15, 0.2) is 17.2 Å². The second-order valence-electron chi connectivity index (χ2n) is 4.49. The molecular formula is C12H21N3O2S. The van der Waals surface area contributed by atoms with Gasteiger partial charge in [-0.25, -0.2) is 4.98 Å². The van der Waals surface area contributed by atoms with Crippen molar-refractivity contribution in [3.05, 3.63) is 22.7 Å². The van der Waals surface area contributed by atoms with E-state index in [1.54, 1.807) is 17.0 Å². The molecule has 18 heavy (non-hydrogen) atoms. The fourth-order valence-electron chi connectivity index (χ4n) is 1.53. The van der Waals surface area contributed by atoms with Crippen LogP contribution in [0.3, 0.4) is 0 Å². The maximum absolute atomic E-state index is 12.0. The van der Waals surface area contributed by atoms with Crippen molar-refractivity contribution in [1.82, 2.24) is 9.55 Å². The summed E-state index contributed by atoms with van der Waals surface area (Å²) in [6.07, 6.45) is 3.31.